The van der Waals surface area contributed by atoms with Crippen LogP contribution in [0.2, 0.25) is 16.6 Å². The molecular weight excluding hydrogens is 164 g/mol. The van der Waals surface area contributed by atoms with E-state index in [1.807, 2.05) is 0 Å². The standard InChI is InChI=1S/C9H19Si2/c1-8(2)6-7-9(3,4)11(8)10-5/h6-7H2,1-5H3. The van der Waals surface area contributed by atoms with E-state index >= 15 is 0 Å². The van der Waals surface area contributed by atoms with Crippen molar-refractivity contribution in [1.29, 1.82) is 0 Å². The Kier molecular flexibility index (Phi) is 2.37. The van der Waals surface area contributed by atoms with Crippen LogP contribution in [0.3, 0.4) is 0 Å². The van der Waals surface area contributed by atoms with Crippen LogP contribution < -0.4 is 0 Å². The van der Waals surface area contributed by atoms with Gasteiger partial charge in [0.25, 0.3) is 0 Å². The van der Waals surface area contributed by atoms with Crippen molar-refractivity contribution in [3.8, 4) is 0 Å². The van der Waals surface area contributed by atoms with Crippen LogP contribution in [0, 0.1) is 0 Å². The van der Waals surface area contributed by atoms with Gasteiger partial charge in [0.2, 0.25) is 0 Å². The Balaban J connectivity index is 2.80. The van der Waals surface area contributed by atoms with Gasteiger partial charge in [0.15, 0.2) is 0 Å². The van der Waals surface area contributed by atoms with Crippen molar-refractivity contribution in [2.24, 2.45) is 0 Å². The molecule has 0 aromatic carbocycles. The van der Waals surface area contributed by atoms with E-state index in [1.165, 1.54) is 21.9 Å². The first kappa shape index (κ1) is 9.52. The van der Waals surface area contributed by atoms with Crippen molar-refractivity contribution >= 4 is 17.4 Å². The van der Waals surface area contributed by atoms with Gasteiger partial charge in [-0.2, -0.15) is 0 Å². The Bertz CT molecular complexity index is 134. The monoisotopic (exact) mass is 183 g/mol. The van der Waals surface area contributed by atoms with Gasteiger partial charge in [-0.15, -0.1) is 0 Å². The highest BCUT2D eigenvalue weighted by Gasteiger charge is 2.46. The molecule has 0 atom stereocenters. The molecule has 2 heteroatoms. The number of hydrogen-bond donors (Lipinski definition) is 0. The van der Waals surface area contributed by atoms with Crippen LogP contribution in [0.1, 0.15) is 40.5 Å². The third-order valence-corrected chi connectivity index (χ3v) is 12.2. The van der Waals surface area contributed by atoms with Crippen molar-refractivity contribution in [2.75, 3.05) is 0 Å². The molecule has 0 N–H and O–H groups in total. The summed E-state index contributed by atoms with van der Waals surface area (Å²) in [5, 5.41) is 1.42. The molecular formula is C9H19Si2. The molecule has 0 unspecified atom stereocenters. The Labute approximate surface area is 75.0 Å². The molecule has 1 fully saturated rings. The molecule has 11 heavy (non-hydrogen) atoms. The molecule has 1 aliphatic heterocycles. The third kappa shape index (κ3) is 1.62. The van der Waals surface area contributed by atoms with Crippen molar-refractivity contribution < 1.29 is 0 Å². The molecule has 0 saturated carbocycles. The predicted molar refractivity (Wildman–Crippen MR) is 54.7 cm³/mol. The van der Waals surface area contributed by atoms with Gasteiger partial charge in [0.05, 0.1) is 0 Å². The zero-order chi connectivity index (χ0) is 8.70. The van der Waals surface area contributed by atoms with Crippen LogP contribution in [-0.4, -0.2) is 17.4 Å². The maximum absolute atomic E-state index is 2.48. The summed E-state index contributed by atoms with van der Waals surface area (Å²) in [6.45, 7) is 12.3. The van der Waals surface area contributed by atoms with E-state index in [4.69, 9.17) is 0 Å². The Hall–Kier alpha value is 0.434. The minimum absolute atomic E-state index is 0.0761. The summed E-state index contributed by atoms with van der Waals surface area (Å²) in [6.07, 6.45) is 2.93. The van der Waals surface area contributed by atoms with Crippen LogP contribution >= 0.6 is 0 Å². The van der Waals surface area contributed by atoms with Gasteiger partial charge in [0, 0.05) is 17.4 Å². The zero-order valence-electron chi connectivity index (χ0n) is 8.41. The summed E-state index contributed by atoms with van der Waals surface area (Å²) in [7, 11) is 1.14. The summed E-state index contributed by atoms with van der Waals surface area (Å²) in [6, 6.07) is 0. The maximum Gasteiger partial charge on any atom is 0.0468 e. The summed E-state index contributed by atoms with van der Waals surface area (Å²) in [4.78, 5) is 0. The molecule has 0 spiro atoms. The quantitative estimate of drug-likeness (QED) is 0.548. The van der Waals surface area contributed by atoms with E-state index < -0.39 is 0 Å². The van der Waals surface area contributed by atoms with E-state index in [2.05, 4.69) is 34.2 Å². The summed E-state index contributed by atoms with van der Waals surface area (Å²) >= 11 is 0. The van der Waals surface area contributed by atoms with Gasteiger partial charge in [0.1, 0.15) is 0 Å². The fourth-order valence-corrected chi connectivity index (χ4v) is 11.2. The molecule has 1 aliphatic rings. The van der Waals surface area contributed by atoms with Crippen molar-refractivity contribution in [3.63, 3.8) is 0 Å². The van der Waals surface area contributed by atoms with Crippen molar-refractivity contribution in [2.45, 2.75) is 57.2 Å². The van der Waals surface area contributed by atoms with Gasteiger partial charge >= 0.3 is 0 Å². The van der Waals surface area contributed by atoms with Crippen LogP contribution in [0.25, 0.3) is 0 Å². The first-order valence-electron chi connectivity index (χ1n) is 4.46. The minimum atomic E-state index is -0.0761. The van der Waals surface area contributed by atoms with Crippen molar-refractivity contribution in [1.82, 2.24) is 0 Å². The molecule has 1 rings (SSSR count). The largest absolute Gasteiger partial charge is 0.0756 e. The molecule has 1 saturated heterocycles. The fourth-order valence-electron chi connectivity index (χ4n) is 2.47. The van der Waals surface area contributed by atoms with E-state index in [9.17, 15) is 0 Å². The van der Waals surface area contributed by atoms with E-state index in [0.29, 0.717) is 10.1 Å². The van der Waals surface area contributed by atoms with Gasteiger partial charge in [-0.3, -0.25) is 0 Å². The van der Waals surface area contributed by atoms with Gasteiger partial charge < -0.3 is 0 Å². The first-order chi connectivity index (χ1) is 4.90. The maximum atomic E-state index is 2.48. The van der Waals surface area contributed by atoms with Gasteiger partial charge in [-0.1, -0.05) is 47.1 Å². The second-order valence-corrected chi connectivity index (χ2v) is 11.8. The molecule has 0 aromatic rings. The van der Waals surface area contributed by atoms with Crippen LogP contribution in [0.15, 0.2) is 0 Å². The molecule has 63 valence electrons. The van der Waals surface area contributed by atoms with Crippen LogP contribution in [0.4, 0.5) is 0 Å². The average molecular weight is 183 g/mol. The lowest BCUT2D eigenvalue weighted by atomic mass is 10.0. The summed E-state index contributed by atoms with van der Waals surface area (Å²) in [5.41, 5.74) is 0. The second-order valence-electron chi connectivity index (χ2n) is 4.89. The highest BCUT2D eigenvalue weighted by Crippen LogP contribution is 2.55. The zero-order valence-corrected chi connectivity index (χ0v) is 10.4. The first-order valence-corrected chi connectivity index (χ1v) is 8.46. The predicted octanol–water partition coefficient (Wildman–Crippen LogP) is 3.08. The fraction of sp³-hybridized carbons (Fsp3) is 1.00. The molecule has 0 aliphatic carbocycles. The van der Waals surface area contributed by atoms with E-state index in [0.717, 1.165) is 0 Å². The third-order valence-electron chi connectivity index (χ3n) is 2.98. The molecule has 0 aromatic heterocycles. The lowest BCUT2D eigenvalue weighted by Gasteiger charge is -2.32. The smallest absolute Gasteiger partial charge is 0.0468 e. The minimum Gasteiger partial charge on any atom is -0.0756 e. The number of rotatable bonds is 1. The Morgan fingerprint density at radius 2 is 1.36 bits per heavy atom. The molecule has 0 amide bonds. The van der Waals surface area contributed by atoms with E-state index in [1.54, 1.807) is 0 Å². The molecule has 0 bridgehead atoms. The normalized spacial score (nSPS) is 29.2. The summed E-state index contributed by atoms with van der Waals surface area (Å²) in [5.74, 6) is 0. The van der Waals surface area contributed by atoms with Crippen LogP contribution in [-0.2, 0) is 0 Å². The van der Waals surface area contributed by atoms with Gasteiger partial charge in [-0.05, 0) is 10.1 Å². The molecule has 3 radical (unpaired) electrons. The lowest BCUT2D eigenvalue weighted by Crippen LogP contribution is -2.36. The van der Waals surface area contributed by atoms with Crippen LogP contribution in [0.5, 0.6) is 0 Å². The SMILES string of the molecule is C[Si][Si]1C(C)(C)CCC1(C)C. The van der Waals surface area contributed by atoms with Crippen molar-refractivity contribution in [3.05, 3.63) is 0 Å². The molecule has 1 heterocycles. The van der Waals surface area contributed by atoms with E-state index in [-0.39, 0.29) is 8.31 Å². The highest BCUT2D eigenvalue weighted by molar-refractivity contribution is 7.15. The average Bonchev–Trinajstić information content (AvgIpc) is 2.03. The number of hydrogen-bond acceptors (Lipinski definition) is 0. The summed E-state index contributed by atoms with van der Waals surface area (Å²) < 4.78 is 0. The highest BCUT2D eigenvalue weighted by atomic mass is 29.2. The lowest BCUT2D eigenvalue weighted by molar-refractivity contribution is 0.577. The topological polar surface area (TPSA) is 0 Å². The Morgan fingerprint density at radius 1 is 1.00 bits per heavy atom. The second kappa shape index (κ2) is 2.73. The van der Waals surface area contributed by atoms with Gasteiger partial charge in [-0.25, -0.2) is 0 Å². The Morgan fingerprint density at radius 3 is 1.55 bits per heavy atom. The molecule has 0 nitrogen and oxygen atoms in total.